The highest BCUT2D eigenvalue weighted by Gasteiger charge is 2.24. The molecule has 0 bridgehead atoms. The van der Waals surface area contributed by atoms with E-state index in [1.807, 2.05) is 24.3 Å². The zero-order chi connectivity index (χ0) is 22.9. The molecule has 0 amide bonds. The molecule has 6 nitrogen and oxygen atoms in total. The molecule has 168 valence electrons. The lowest BCUT2D eigenvalue weighted by atomic mass is 10.1. The maximum Gasteiger partial charge on any atom is 0.335 e. The fraction of sp³-hybridized carbons (Fsp3) is 0.273. The molecule has 2 heterocycles. The first-order valence-corrected chi connectivity index (χ1v) is 12.2. The Morgan fingerprint density at radius 1 is 1.03 bits per heavy atom. The first-order valence-electron chi connectivity index (χ1n) is 10.1. The van der Waals surface area contributed by atoms with Gasteiger partial charge in [-0.2, -0.15) is 0 Å². The van der Waals surface area contributed by atoms with Gasteiger partial charge in [0.2, 0.25) is 0 Å². The molecule has 0 atom stereocenters. The average Bonchev–Trinajstić information content (AvgIpc) is 3.04. The van der Waals surface area contributed by atoms with Crippen molar-refractivity contribution < 1.29 is 22.4 Å². The van der Waals surface area contributed by atoms with Crippen LogP contribution in [0.5, 0.6) is 0 Å². The number of fused-ring (bicyclic) bond motifs is 3. The van der Waals surface area contributed by atoms with Gasteiger partial charge in [-0.05, 0) is 31.0 Å². The first kappa shape index (κ1) is 22.8. The molecule has 2 aromatic carbocycles. The van der Waals surface area contributed by atoms with Crippen LogP contribution < -0.4 is 0 Å². The summed E-state index contributed by atoms with van der Waals surface area (Å²) in [6.45, 7) is 4.39. The van der Waals surface area contributed by atoms with E-state index in [0.29, 0.717) is 29.8 Å². The summed E-state index contributed by atoms with van der Waals surface area (Å²) in [5.41, 5.74) is 2.72. The molecule has 0 unspecified atom stereocenters. The van der Waals surface area contributed by atoms with E-state index in [1.54, 1.807) is 18.4 Å². The monoisotopic (exact) mass is 479 g/mol. The predicted octanol–water partition coefficient (Wildman–Crippen LogP) is 6.33. The second-order valence-electron chi connectivity index (χ2n) is 7.15. The van der Waals surface area contributed by atoms with Crippen molar-refractivity contribution in [3.05, 3.63) is 70.6 Å². The molecule has 0 saturated heterocycles. The summed E-state index contributed by atoms with van der Waals surface area (Å²) < 4.78 is 53.8. The summed E-state index contributed by atoms with van der Waals surface area (Å²) in [6.07, 6.45) is 1.40. The van der Waals surface area contributed by atoms with Gasteiger partial charge < -0.3 is 13.6 Å². The van der Waals surface area contributed by atoms with Crippen LogP contribution >= 0.6 is 19.2 Å². The number of rotatable bonds is 8. The molecule has 0 spiro atoms. The Hall–Kier alpha value is -2.38. The SMILES string of the molecule is CCOP(=O)(Cc1ccc(Cn2c3cc(F)cc(F)c3c3ncnc(Cl)c32)cc1)OCC. The summed E-state index contributed by atoms with van der Waals surface area (Å²) in [4.78, 5) is 8.18. The molecular weight excluding hydrogens is 459 g/mol. The third-order valence-corrected chi connectivity index (χ3v) is 7.33. The van der Waals surface area contributed by atoms with Gasteiger partial charge in [-0.25, -0.2) is 18.7 Å². The van der Waals surface area contributed by atoms with E-state index in [1.165, 1.54) is 12.4 Å². The maximum absolute atomic E-state index is 14.6. The van der Waals surface area contributed by atoms with Gasteiger partial charge in [-0.3, -0.25) is 4.57 Å². The Labute approximate surface area is 188 Å². The fourth-order valence-electron chi connectivity index (χ4n) is 3.75. The molecule has 0 aliphatic rings. The highest BCUT2D eigenvalue weighted by atomic mass is 35.5. The molecule has 2 aromatic heterocycles. The van der Waals surface area contributed by atoms with Crippen LogP contribution in [-0.2, 0) is 26.3 Å². The van der Waals surface area contributed by atoms with E-state index >= 15 is 0 Å². The molecule has 0 radical (unpaired) electrons. The third-order valence-electron chi connectivity index (χ3n) is 5.00. The Morgan fingerprint density at radius 3 is 2.34 bits per heavy atom. The Balaban J connectivity index is 1.71. The maximum atomic E-state index is 14.6. The van der Waals surface area contributed by atoms with E-state index in [2.05, 4.69) is 9.97 Å². The summed E-state index contributed by atoms with van der Waals surface area (Å²) in [6, 6.07) is 9.43. The van der Waals surface area contributed by atoms with Crippen molar-refractivity contribution in [1.29, 1.82) is 0 Å². The van der Waals surface area contributed by atoms with Crippen molar-refractivity contribution in [2.45, 2.75) is 26.6 Å². The number of aromatic nitrogens is 3. The lowest BCUT2D eigenvalue weighted by molar-refractivity contribution is 0.219. The van der Waals surface area contributed by atoms with E-state index in [4.69, 9.17) is 20.6 Å². The summed E-state index contributed by atoms with van der Waals surface area (Å²) >= 11 is 6.30. The van der Waals surface area contributed by atoms with Crippen LogP contribution in [-0.4, -0.2) is 27.7 Å². The van der Waals surface area contributed by atoms with Crippen LogP contribution in [0.3, 0.4) is 0 Å². The van der Waals surface area contributed by atoms with Crippen LogP contribution in [0.25, 0.3) is 21.9 Å². The molecule has 4 aromatic rings. The predicted molar refractivity (Wildman–Crippen MR) is 120 cm³/mol. The molecule has 0 aliphatic heterocycles. The third kappa shape index (κ3) is 4.41. The van der Waals surface area contributed by atoms with Gasteiger partial charge in [0.15, 0.2) is 5.15 Å². The van der Waals surface area contributed by atoms with Crippen LogP contribution in [0.1, 0.15) is 25.0 Å². The van der Waals surface area contributed by atoms with Crippen LogP contribution in [0, 0.1) is 11.6 Å². The van der Waals surface area contributed by atoms with Gasteiger partial charge >= 0.3 is 7.60 Å². The zero-order valence-electron chi connectivity index (χ0n) is 17.5. The molecule has 4 rings (SSSR count). The Kier molecular flexibility index (Phi) is 6.58. The summed E-state index contributed by atoms with van der Waals surface area (Å²) in [5, 5.41) is 0.341. The molecule has 0 N–H and O–H groups in total. The van der Waals surface area contributed by atoms with Crippen molar-refractivity contribution in [3.8, 4) is 0 Å². The van der Waals surface area contributed by atoms with Crippen molar-refractivity contribution >= 4 is 41.1 Å². The van der Waals surface area contributed by atoms with E-state index in [-0.39, 0.29) is 23.2 Å². The molecule has 0 fully saturated rings. The highest BCUT2D eigenvalue weighted by molar-refractivity contribution is 7.53. The van der Waals surface area contributed by atoms with Gasteiger partial charge in [-0.15, -0.1) is 0 Å². The van der Waals surface area contributed by atoms with Gasteiger partial charge in [-0.1, -0.05) is 35.9 Å². The van der Waals surface area contributed by atoms with E-state index in [9.17, 15) is 13.3 Å². The highest BCUT2D eigenvalue weighted by Crippen LogP contribution is 2.51. The van der Waals surface area contributed by atoms with Crippen LogP contribution in [0.15, 0.2) is 42.7 Å². The average molecular weight is 480 g/mol. The van der Waals surface area contributed by atoms with Gasteiger partial charge in [0, 0.05) is 12.6 Å². The summed E-state index contributed by atoms with van der Waals surface area (Å²) in [5.74, 6) is -1.41. The normalized spacial score (nSPS) is 12.2. The second-order valence-corrected chi connectivity index (χ2v) is 9.56. The van der Waals surface area contributed by atoms with Gasteiger partial charge in [0.05, 0.1) is 30.3 Å². The van der Waals surface area contributed by atoms with Crippen molar-refractivity contribution in [3.63, 3.8) is 0 Å². The van der Waals surface area contributed by atoms with Crippen molar-refractivity contribution in [2.24, 2.45) is 0 Å². The molecule has 0 saturated carbocycles. The number of hydrogen-bond donors (Lipinski definition) is 0. The summed E-state index contributed by atoms with van der Waals surface area (Å²) in [7, 11) is -3.22. The van der Waals surface area contributed by atoms with Crippen molar-refractivity contribution in [2.75, 3.05) is 13.2 Å². The largest absolute Gasteiger partial charge is 0.335 e. The number of halogens is 3. The van der Waals surface area contributed by atoms with Gasteiger partial charge in [0.25, 0.3) is 0 Å². The minimum atomic E-state index is -3.22. The lowest BCUT2D eigenvalue weighted by Crippen LogP contribution is -2.02. The minimum absolute atomic E-state index is 0.150. The molecule has 10 heteroatoms. The number of nitrogens with zero attached hydrogens (tertiary/aromatic N) is 3. The Bertz CT molecular complexity index is 1320. The molecular formula is C22H21ClF2N3O3P. The number of benzene rings is 2. The fourth-order valence-corrected chi connectivity index (χ4v) is 5.69. The molecule has 32 heavy (non-hydrogen) atoms. The van der Waals surface area contributed by atoms with Crippen molar-refractivity contribution in [1.82, 2.24) is 14.5 Å². The standard InChI is InChI=1S/C22H21ClF2N3O3P/c1-3-30-32(29,31-4-2)12-15-7-5-14(6-8-15)11-28-18-10-16(24)9-17(25)19(18)20-21(28)22(23)27-13-26-20/h5-10,13H,3-4,11-12H2,1-2H3. The topological polar surface area (TPSA) is 66.2 Å². The van der Waals surface area contributed by atoms with Gasteiger partial charge in [0.1, 0.15) is 29.0 Å². The van der Waals surface area contributed by atoms with E-state index in [0.717, 1.165) is 17.2 Å². The molecule has 0 aliphatic carbocycles. The number of hydrogen-bond acceptors (Lipinski definition) is 5. The Morgan fingerprint density at radius 2 is 1.69 bits per heavy atom. The van der Waals surface area contributed by atoms with Crippen LogP contribution in [0.4, 0.5) is 8.78 Å². The smallest absolute Gasteiger partial charge is 0.332 e. The lowest BCUT2D eigenvalue weighted by Gasteiger charge is -2.17. The first-order chi connectivity index (χ1) is 15.3. The van der Waals surface area contributed by atoms with Crippen LogP contribution in [0.2, 0.25) is 5.15 Å². The second kappa shape index (κ2) is 9.24. The quantitative estimate of drug-likeness (QED) is 0.218. The van der Waals surface area contributed by atoms with E-state index < -0.39 is 19.2 Å². The zero-order valence-corrected chi connectivity index (χ0v) is 19.2. The minimum Gasteiger partial charge on any atom is -0.332 e.